The Bertz CT molecular complexity index is 1160. The first-order valence-corrected chi connectivity index (χ1v) is 10.3. The van der Waals surface area contributed by atoms with E-state index in [2.05, 4.69) is 16.0 Å². The molecule has 162 valence electrons. The normalized spacial score (nSPS) is 12.7. The molecule has 0 heterocycles. The molecule has 3 aromatic carbocycles. The Morgan fingerprint density at radius 3 is 2.19 bits per heavy atom. The van der Waals surface area contributed by atoms with E-state index in [0.29, 0.717) is 22.5 Å². The van der Waals surface area contributed by atoms with Gasteiger partial charge >= 0.3 is 0 Å². The molecule has 4 rings (SSSR count). The standard InChI is InChI=1S/C25H22FN3O3/c26-20-11-9-18(10-12-20)25(32)28-21-5-1-3-16(13-21)15-27-23(30)19-4-2-6-22(14-19)29-24(31)17-7-8-17/h1-6,9-14,17H,7-8,15H2,(H,27,30)(H,28,32)(H,29,31). The molecule has 1 aliphatic carbocycles. The van der Waals surface area contributed by atoms with Crippen molar-refractivity contribution >= 4 is 29.1 Å². The number of nitrogens with one attached hydrogen (secondary N) is 3. The van der Waals surface area contributed by atoms with E-state index in [1.807, 2.05) is 6.07 Å². The third-order valence-electron chi connectivity index (χ3n) is 5.08. The highest BCUT2D eigenvalue weighted by Gasteiger charge is 2.29. The quantitative estimate of drug-likeness (QED) is 0.520. The maximum Gasteiger partial charge on any atom is 0.255 e. The molecule has 1 fully saturated rings. The van der Waals surface area contributed by atoms with Crippen molar-refractivity contribution in [2.75, 3.05) is 10.6 Å². The predicted molar refractivity (Wildman–Crippen MR) is 120 cm³/mol. The Morgan fingerprint density at radius 2 is 1.47 bits per heavy atom. The Morgan fingerprint density at radius 1 is 0.781 bits per heavy atom. The summed E-state index contributed by atoms with van der Waals surface area (Å²) in [5.41, 5.74) is 2.75. The summed E-state index contributed by atoms with van der Waals surface area (Å²) >= 11 is 0. The lowest BCUT2D eigenvalue weighted by atomic mass is 10.1. The minimum absolute atomic E-state index is 0.0120. The van der Waals surface area contributed by atoms with Gasteiger partial charge in [0.1, 0.15) is 5.82 Å². The molecule has 0 aliphatic heterocycles. The molecule has 1 saturated carbocycles. The van der Waals surface area contributed by atoms with Crippen LogP contribution in [0, 0.1) is 11.7 Å². The molecule has 0 atom stereocenters. The summed E-state index contributed by atoms with van der Waals surface area (Å²) in [6, 6.07) is 19.2. The van der Waals surface area contributed by atoms with E-state index in [1.165, 1.54) is 24.3 Å². The van der Waals surface area contributed by atoms with E-state index >= 15 is 0 Å². The summed E-state index contributed by atoms with van der Waals surface area (Å²) in [6.07, 6.45) is 1.82. The zero-order valence-corrected chi connectivity index (χ0v) is 17.2. The first-order chi connectivity index (χ1) is 15.5. The maximum atomic E-state index is 13.0. The number of anilines is 2. The third kappa shape index (κ3) is 5.57. The highest BCUT2D eigenvalue weighted by molar-refractivity contribution is 6.04. The lowest BCUT2D eigenvalue weighted by molar-refractivity contribution is -0.117. The van der Waals surface area contributed by atoms with E-state index in [1.54, 1.807) is 42.5 Å². The van der Waals surface area contributed by atoms with E-state index in [0.717, 1.165) is 18.4 Å². The van der Waals surface area contributed by atoms with Crippen molar-refractivity contribution in [3.05, 3.63) is 95.3 Å². The molecule has 0 unspecified atom stereocenters. The zero-order valence-electron chi connectivity index (χ0n) is 17.2. The monoisotopic (exact) mass is 431 g/mol. The summed E-state index contributed by atoms with van der Waals surface area (Å²) in [5.74, 6) is -0.954. The van der Waals surface area contributed by atoms with Gasteiger partial charge in [-0.05, 0) is 73.0 Å². The second kappa shape index (κ2) is 9.43. The van der Waals surface area contributed by atoms with Gasteiger partial charge in [-0.1, -0.05) is 18.2 Å². The molecule has 32 heavy (non-hydrogen) atoms. The lowest BCUT2D eigenvalue weighted by Gasteiger charge is -2.10. The Labute approximate surface area is 184 Å². The van der Waals surface area contributed by atoms with Gasteiger partial charge in [0, 0.05) is 35.0 Å². The average Bonchev–Trinajstić information content (AvgIpc) is 3.64. The van der Waals surface area contributed by atoms with Crippen LogP contribution in [0.25, 0.3) is 0 Å². The number of amides is 3. The van der Waals surface area contributed by atoms with Gasteiger partial charge in [0.05, 0.1) is 0 Å². The summed E-state index contributed by atoms with van der Waals surface area (Å²) in [4.78, 5) is 36.8. The van der Waals surface area contributed by atoms with Gasteiger partial charge in [-0.2, -0.15) is 0 Å². The third-order valence-corrected chi connectivity index (χ3v) is 5.08. The molecule has 1 aliphatic rings. The summed E-state index contributed by atoms with van der Waals surface area (Å²) < 4.78 is 13.0. The van der Waals surface area contributed by atoms with E-state index < -0.39 is 5.82 Å². The molecular weight excluding hydrogens is 409 g/mol. The van der Waals surface area contributed by atoms with Gasteiger partial charge in [0.15, 0.2) is 0 Å². The van der Waals surface area contributed by atoms with Crippen LogP contribution >= 0.6 is 0 Å². The fraction of sp³-hybridized carbons (Fsp3) is 0.160. The van der Waals surface area contributed by atoms with E-state index in [4.69, 9.17) is 0 Å². The SMILES string of the molecule is O=C(NCc1cccc(NC(=O)c2ccc(F)cc2)c1)c1cccc(NC(=O)C2CC2)c1. The Balaban J connectivity index is 1.34. The van der Waals surface area contributed by atoms with E-state index in [9.17, 15) is 18.8 Å². The van der Waals surface area contributed by atoms with Crippen LogP contribution in [-0.4, -0.2) is 17.7 Å². The van der Waals surface area contributed by atoms with Gasteiger partial charge in [-0.25, -0.2) is 4.39 Å². The highest BCUT2D eigenvalue weighted by atomic mass is 19.1. The number of rotatable bonds is 7. The molecule has 0 spiro atoms. The molecule has 0 radical (unpaired) electrons. The van der Waals surface area contributed by atoms with Crippen molar-refractivity contribution in [2.24, 2.45) is 5.92 Å². The number of hydrogen-bond donors (Lipinski definition) is 3. The molecule has 3 amide bonds. The number of carbonyl (C=O) groups is 3. The van der Waals surface area contributed by atoms with Crippen LogP contribution in [0.2, 0.25) is 0 Å². The van der Waals surface area contributed by atoms with Crippen LogP contribution in [0.4, 0.5) is 15.8 Å². The molecule has 3 N–H and O–H groups in total. The van der Waals surface area contributed by atoms with Crippen LogP contribution < -0.4 is 16.0 Å². The van der Waals surface area contributed by atoms with Gasteiger partial charge in [0.25, 0.3) is 11.8 Å². The molecular formula is C25H22FN3O3. The largest absolute Gasteiger partial charge is 0.348 e. The number of benzene rings is 3. The van der Waals surface area contributed by atoms with Crippen LogP contribution in [0.1, 0.15) is 39.1 Å². The minimum Gasteiger partial charge on any atom is -0.348 e. The number of carbonyl (C=O) groups excluding carboxylic acids is 3. The molecule has 0 aromatic heterocycles. The average molecular weight is 431 g/mol. The van der Waals surface area contributed by atoms with Crippen molar-refractivity contribution in [1.82, 2.24) is 5.32 Å². The van der Waals surface area contributed by atoms with Crippen LogP contribution in [0.15, 0.2) is 72.8 Å². The van der Waals surface area contributed by atoms with Crippen LogP contribution in [0.5, 0.6) is 0 Å². The van der Waals surface area contributed by atoms with Crippen molar-refractivity contribution in [2.45, 2.75) is 19.4 Å². The maximum absolute atomic E-state index is 13.0. The second-order valence-corrected chi connectivity index (χ2v) is 7.69. The first-order valence-electron chi connectivity index (χ1n) is 10.3. The van der Waals surface area contributed by atoms with Crippen molar-refractivity contribution in [1.29, 1.82) is 0 Å². The van der Waals surface area contributed by atoms with Crippen LogP contribution in [-0.2, 0) is 11.3 Å². The zero-order chi connectivity index (χ0) is 22.5. The minimum atomic E-state index is -0.407. The van der Waals surface area contributed by atoms with Gasteiger partial charge in [0.2, 0.25) is 5.91 Å². The lowest BCUT2D eigenvalue weighted by Crippen LogP contribution is -2.23. The number of halogens is 1. The van der Waals surface area contributed by atoms with E-state index in [-0.39, 0.29) is 30.2 Å². The summed E-state index contributed by atoms with van der Waals surface area (Å²) in [6.45, 7) is 0.262. The first kappa shape index (κ1) is 21.2. The highest BCUT2D eigenvalue weighted by Crippen LogP contribution is 2.30. The summed E-state index contributed by atoms with van der Waals surface area (Å²) in [7, 11) is 0. The van der Waals surface area contributed by atoms with Crippen molar-refractivity contribution < 1.29 is 18.8 Å². The Hall–Kier alpha value is -4.00. The number of hydrogen-bond acceptors (Lipinski definition) is 3. The van der Waals surface area contributed by atoms with Gasteiger partial charge in [-0.15, -0.1) is 0 Å². The molecule has 0 bridgehead atoms. The molecule has 3 aromatic rings. The van der Waals surface area contributed by atoms with Gasteiger partial charge in [-0.3, -0.25) is 14.4 Å². The molecule has 6 nitrogen and oxygen atoms in total. The molecule has 0 saturated heterocycles. The van der Waals surface area contributed by atoms with Crippen molar-refractivity contribution in [3.63, 3.8) is 0 Å². The topological polar surface area (TPSA) is 87.3 Å². The van der Waals surface area contributed by atoms with Crippen LogP contribution in [0.3, 0.4) is 0 Å². The predicted octanol–water partition coefficient (Wildman–Crippen LogP) is 4.36. The second-order valence-electron chi connectivity index (χ2n) is 7.69. The molecule has 7 heteroatoms. The fourth-order valence-corrected chi connectivity index (χ4v) is 3.18. The summed E-state index contributed by atoms with van der Waals surface area (Å²) in [5, 5.41) is 8.44. The Kier molecular flexibility index (Phi) is 6.26. The van der Waals surface area contributed by atoms with Gasteiger partial charge < -0.3 is 16.0 Å². The van der Waals surface area contributed by atoms with Crippen molar-refractivity contribution in [3.8, 4) is 0 Å². The smallest absolute Gasteiger partial charge is 0.255 e. The fourth-order valence-electron chi connectivity index (χ4n) is 3.18.